The molecule has 0 aliphatic heterocycles. The highest BCUT2D eigenvalue weighted by Gasteiger charge is 2.11. The van der Waals surface area contributed by atoms with Crippen LogP contribution in [0.4, 0.5) is 4.39 Å². The molecular weight excluding hydrogens is 244 g/mol. The summed E-state index contributed by atoms with van der Waals surface area (Å²) in [6.07, 6.45) is 0. The predicted octanol–water partition coefficient (Wildman–Crippen LogP) is 3.26. The van der Waals surface area contributed by atoms with Gasteiger partial charge in [-0.3, -0.25) is 0 Å². The van der Waals surface area contributed by atoms with Crippen molar-refractivity contribution < 1.29 is 4.39 Å². The lowest BCUT2D eigenvalue weighted by Gasteiger charge is -2.08. The van der Waals surface area contributed by atoms with Crippen LogP contribution in [0.25, 0.3) is 0 Å². The fourth-order valence-electron chi connectivity index (χ4n) is 0.893. The van der Waals surface area contributed by atoms with Gasteiger partial charge in [-0.25, -0.2) is 4.39 Å². The van der Waals surface area contributed by atoms with Gasteiger partial charge in [-0.15, -0.1) is 0 Å². The summed E-state index contributed by atoms with van der Waals surface area (Å²) >= 11 is 8.74. The molecule has 12 heavy (non-hydrogen) atoms. The molecule has 0 fully saturated rings. The van der Waals surface area contributed by atoms with E-state index in [4.69, 9.17) is 17.3 Å². The Morgan fingerprint density at radius 3 is 2.67 bits per heavy atom. The summed E-state index contributed by atoms with van der Waals surface area (Å²) in [5.41, 5.74) is 6.19. The Kier molecular flexibility index (Phi) is 3.09. The molecular formula is C8H8BrClFN. The maximum absolute atomic E-state index is 13.1. The van der Waals surface area contributed by atoms with E-state index in [1.54, 1.807) is 19.1 Å². The van der Waals surface area contributed by atoms with Crippen molar-refractivity contribution in [1.82, 2.24) is 0 Å². The van der Waals surface area contributed by atoms with Crippen LogP contribution in [0.15, 0.2) is 16.6 Å². The molecule has 0 amide bonds. The normalized spacial score (nSPS) is 13.1. The fourth-order valence-corrected chi connectivity index (χ4v) is 1.67. The average molecular weight is 253 g/mol. The van der Waals surface area contributed by atoms with Crippen molar-refractivity contribution in [1.29, 1.82) is 0 Å². The van der Waals surface area contributed by atoms with E-state index in [2.05, 4.69) is 15.9 Å². The van der Waals surface area contributed by atoms with Gasteiger partial charge in [0.1, 0.15) is 0 Å². The molecule has 1 aromatic carbocycles. The molecule has 0 unspecified atom stereocenters. The average Bonchev–Trinajstić information content (AvgIpc) is 2.00. The molecule has 1 rings (SSSR count). The summed E-state index contributed by atoms with van der Waals surface area (Å²) in [5, 5.41) is 0.0966. The van der Waals surface area contributed by atoms with Crippen LogP contribution in [0, 0.1) is 5.82 Å². The van der Waals surface area contributed by atoms with E-state index in [1.807, 2.05) is 0 Å². The number of hydrogen-bond acceptors (Lipinski definition) is 1. The topological polar surface area (TPSA) is 26.0 Å². The fraction of sp³-hybridized carbons (Fsp3) is 0.250. The Balaban J connectivity index is 3.27. The minimum absolute atomic E-state index is 0.0966. The Hall–Kier alpha value is -0.120. The van der Waals surface area contributed by atoms with Crippen LogP contribution in [0.1, 0.15) is 18.5 Å². The Morgan fingerprint density at radius 2 is 2.17 bits per heavy atom. The predicted molar refractivity (Wildman–Crippen MR) is 51.7 cm³/mol. The molecule has 0 aliphatic carbocycles. The van der Waals surface area contributed by atoms with Crippen LogP contribution >= 0.6 is 27.5 Å². The number of benzene rings is 1. The number of hydrogen-bond donors (Lipinski definition) is 1. The van der Waals surface area contributed by atoms with Crippen LogP contribution in [0.2, 0.25) is 5.02 Å². The summed E-state index contributed by atoms with van der Waals surface area (Å²) in [6, 6.07) is 3.06. The molecule has 66 valence electrons. The third-order valence-electron chi connectivity index (χ3n) is 1.56. The van der Waals surface area contributed by atoms with Gasteiger partial charge in [0.25, 0.3) is 0 Å². The van der Waals surface area contributed by atoms with E-state index in [9.17, 15) is 4.39 Å². The maximum atomic E-state index is 13.1. The van der Waals surface area contributed by atoms with Gasteiger partial charge in [0, 0.05) is 6.04 Å². The van der Waals surface area contributed by atoms with E-state index in [-0.39, 0.29) is 11.1 Å². The van der Waals surface area contributed by atoms with E-state index in [1.165, 1.54) is 0 Å². The monoisotopic (exact) mass is 251 g/mol. The Bertz CT molecular complexity index is 301. The number of halogens is 3. The highest BCUT2D eigenvalue weighted by Crippen LogP contribution is 2.29. The largest absolute Gasteiger partial charge is 0.324 e. The van der Waals surface area contributed by atoms with Crippen molar-refractivity contribution in [3.63, 3.8) is 0 Å². The molecule has 0 saturated carbocycles. The van der Waals surface area contributed by atoms with Gasteiger partial charge < -0.3 is 5.73 Å². The van der Waals surface area contributed by atoms with Gasteiger partial charge in [-0.1, -0.05) is 17.7 Å². The van der Waals surface area contributed by atoms with Crippen molar-refractivity contribution in [2.75, 3.05) is 0 Å². The third kappa shape index (κ3) is 1.79. The van der Waals surface area contributed by atoms with E-state index in [0.717, 1.165) is 0 Å². The van der Waals surface area contributed by atoms with Crippen LogP contribution in [0.3, 0.4) is 0 Å². The molecule has 0 saturated heterocycles. The van der Waals surface area contributed by atoms with E-state index in [0.29, 0.717) is 10.0 Å². The van der Waals surface area contributed by atoms with Crippen LogP contribution in [-0.4, -0.2) is 0 Å². The van der Waals surface area contributed by atoms with Crippen LogP contribution in [0.5, 0.6) is 0 Å². The van der Waals surface area contributed by atoms with Gasteiger partial charge in [0.05, 0.1) is 9.50 Å². The molecule has 2 N–H and O–H groups in total. The van der Waals surface area contributed by atoms with Gasteiger partial charge in [0.2, 0.25) is 0 Å². The zero-order valence-electron chi connectivity index (χ0n) is 6.44. The van der Waals surface area contributed by atoms with Crippen molar-refractivity contribution in [2.45, 2.75) is 13.0 Å². The number of rotatable bonds is 1. The Labute approximate surface area is 83.8 Å². The highest BCUT2D eigenvalue weighted by atomic mass is 79.9. The summed E-state index contributed by atoms with van der Waals surface area (Å²) in [7, 11) is 0. The quantitative estimate of drug-likeness (QED) is 0.763. The smallest absolute Gasteiger partial charge is 0.156 e. The number of nitrogens with two attached hydrogens (primary N) is 1. The molecule has 1 nitrogen and oxygen atoms in total. The summed E-state index contributed by atoms with van der Waals surface area (Å²) in [4.78, 5) is 0. The lowest BCUT2D eigenvalue weighted by Crippen LogP contribution is -2.06. The molecule has 0 aromatic heterocycles. The molecule has 0 spiro atoms. The molecule has 0 bridgehead atoms. The summed E-state index contributed by atoms with van der Waals surface area (Å²) < 4.78 is 13.5. The second kappa shape index (κ2) is 3.73. The highest BCUT2D eigenvalue weighted by molar-refractivity contribution is 9.10. The summed E-state index contributed by atoms with van der Waals surface area (Å²) in [5.74, 6) is -0.452. The van der Waals surface area contributed by atoms with Crippen molar-refractivity contribution in [3.05, 3.63) is 33.0 Å². The lowest BCUT2D eigenvalue weighted by atomic mass is 10.1. The lowest BCUT2D eigenvalue weighted by molar-refractivity contribution is 0.616. The van der Waals surface area contributed by atoms with Crippen molar-refractivity contribution in [3.8, 4) is 0 Å². The van der Waals surface area contributed by atoms with Crippen molar-refractivity contribution >= 4 is 27.5 Å². The van der Waals surface area contributed by atoms with Gasteiger partial charge in [-0.05, 0) is 34.5 Å². The second-order valence-electron chi connectivity index (χ2n) is 2.55. The minimum atomic E-state index is -0.452. The van der Waals surface area contributed by atoms with Crippen LogP contribution in [-0.2, 0) is 0 Å². The molecule has 1 atom stereocenters. The molecule has 1 aromatic rings. The summed E-state index contributed by atoms with van der Waals surface area (Å²) in [6.45, 7) is 1.76. The second-order valence-corrected chi connectivity index (χ2v) is 3.79. The molecule has 0 aliphatic rings. The molecule has 0 heterocycles. The van der Waals surface area contributed by atoms with Crippen LogP contribution < -0.4 is 5.73 Å². The first-order valence-corrected chi connectivity index (χ1v) is 4.60. The zero-order valence-corrected chi connectivity index (χ0v) is 8.79. The standard InChI is InChI=1S/C8H8BrClFN/c1-4(12)5-2-3-6(9)8(11)7(5)10/h2-4H,12H2,1H3/t4-/m1/s1. The Morgan fingerprint density at radius 1 is 1.58 bits per heavy atom. The zero-order chi connectivity index (χ0) is 9.30. The van der Waals surface area contributed by atoms with Gasteiger partial charge >= 0.3 is 0 Å². The van der Waals surface area contributed by atoms with Gasteiger partial charge in [-0.2, -0.15) is 0 Å². The van der Waals surface area contributed by atoms with Crippen molar-refractivity contribution in [2.24, 2.45) is 5.73 Å². The first-order valence-electron chi connectivity index (χ1n) is 3.43. The van der Waals surface area contributed by atoms with Gasteiger partial charge in [0.15, 0.2) is 5.82 Å². The maximum Gasteiger partial charge on any atom is 0.156 e. The van der Waals surface area contributed by atoms with E-state index >= 15 is 0 Å². The minimum Gasteiger partial charge on any atom is -0.324 e. The molecule has 0 radical (unpaired) electrons. The SMILES string of the molecule is C[C@@H](N)c1ccc(Br)c(F)c1Cl. The molecule has 4 heteroatoms. The van der Waals surface area contributed by atoms with E-state index < -0.39 is 5.82 Å². The third-order valence-corrected chi connectivity index (χ3v) is 2.55. The first kappa shape index (κ1) is 9.96. The first-order chi connectivity index (χ1) is 5.54.